The van der Waals surface area contributed by atoms with E-state index in [0.29, 0.717) is 18.0 Å². The first-order chi connectivity index (χ1) is 17.8. The van der Waals surface area contributed by atoms with Crippen molar-refractivity contribution in [2.45, 2.75) is 38.6 Å². The summed E-state index contributed by atoms with van der Waals surface area (Å²) >= 11 is 0. The molecule has 0 aliphatic carbocycles. The summed E-state index contributed by atoms with van der Waals surface area (Å²) in [6.07, 6.45) is 0.770. The van der Waals surface area contributed by atoms with Crippen molar-refractivity contribution >= 4 is 31.6 Å². The van der Waals surface area contributed by atoms with Crippen LogP contribution in [0.1, 0.15) is 28.7 Å². The van der Waals surface area contributed by atoms with E-state index in [-0.39, 0.29) is 0 Å². The Hall–Kier alpha value is -2.77. The van der Waals surface area contributed by atoms with Crippen LogP contribution in [0, 0.1) is 20.8 Å². The number of sulfonamides is 1. The highest BCUT2D eigenvalue weighted by Gasteiger charge is 2.29. The van der Waals surface area contributed by atoms with Gasteiger partial charge >= 0.3 is 0 Å². The topological polar surface area (TPSA) is 49.9 Å². The maximum absolute atomic E-state index is 14.3. The molecule has 0 spiro atoms. The predicted octanol–water partition coefficient (Wildman–Crippen LogP) is 5.83. The third kappa shape index (κ3) is 5.43. The summed E-state index contributed by atoms with van der Waals surface area (Å²) in [6, 6.07) is 22.7. The number of aryl methyl sites for hydroxylation is 3. The van der Waals surface area contributed by atoms with Gasteiger partial charge in [-0.05, 0) is 78.0 Å². The summed E-state index contributed by atoms with van der Waals surface area (Å²) in [4.78, 5) is 2.80. The van der Waals surface area contributed by atoms with Gasteiger partial charge in [0.1, 0.15) is 0 Å². The van der Waals surface area contributed by atoms with Crippen molar-refractivity contribution in [3.8, 4) is 0 Å². The largest absolute Gasteiger partial charge is 0.379 e. The van der Waals surface area contributed by atoms with E-state index in [1.54, 1.807) is 4.31 Å². The van der Waals surface area contributed by atoms with Crippen molar-refractivity contribution in [3.63, 3.8) is 0 Å². The Balaban J connectivity index is 1.57. The predicted molar refractivity (Wildman–Crippen MR) is 152 cm³/mol. The van der Waals surface area contributed by atoms with Crippen LogP contribution in [-0.2, 0) is 21.3 Å². The molecule has 1 fully saturated rings. The molecule has 5 nitrogen and oxygen atoms in total. The molecule has 0 atom stereocenters. The Kier molecular flexibility index (Phi) is 7.63. The lowest BCUT2D eigenvalue weighted by Crippen LogP contribution is -2.39. The smallest absolute Gasteiger partial charge is 0.243 e. The first-order valence-electron chi connectivity index (χ1n) is 13.1. The fourth-order valence-corrected chi connectivity index (χ4v) is 7.60. The molecule has 1 aliphatic heterocycles. The van der Waals surface area contributed by atoms with Crippen molar-refractivity contribution in [1.82, 2.24) is 9.21 Å². The van der Waals surface area contributed by atoms with E-state index in [1.165, 1.54) is 0 Å². The monoisotopic (exact) mass is 516 g/mol. The fourth-order valence-electron chi connectivity index (χ4n) is 5.74. The first-order valence-corrected chi connectivity index (χ1v) is 14.6. The Morgan fingerprint density at radius 2 is 1.41 bits per heavy atom. The van der Waals surface area contributed by atoms with Crippen LogP contribution in [0.15, 0.2) is 71.6 Å². The third-order valence-electron chi connectivity index (χ3n) is 7.41. The molecule has 37 heavy (non-hydrogen) atoms. The van der Waals surface area contributed by atoms with Gasteiger partial charge in [0.25, 0.3) is 0 Å². The number of ether oxygens (including phenoxy) is 1. The third-order valence-corrected chi connectivity index (χ3v) is 9.56. The number of hydrogen-bond donors (Lipinski definition) is 0. The van der Waals surface area contributed by atoms with Crippen LogP contribution in [0.5, 0.6) is 0 Å². The second-order valence-corrected chi connectivity index (χ2v) is 12.0. The van der Waals surface area contributed by atoms with Gasteiger partial charge in [0.05, 0.1) is 18.1 Å². The maximum Gasteiger partial charge on any atom is 0.243 e. The average Bonchev–Trinajstić information content (AvgIpc) is 2.87. The zero-order valence-electron chi connectivity index (χ0n) is 22.0. The fraction of sp³-hybridized carbons (Fsp3) is 0.355. The molecule has 0 saturated carbocycles. The van der Waals surface area contributed by atoms with Crippen molar-refractivity contribution in [2.24, 2.45) is 0 Å². The second kappa shape index (κ2) is 10.9. The highest BCUT2D eigenvalue weighted by Crippen LogP contribution is 2.32. The van der Waals surface area contributed by atoms with Crippen LogP contribution < -0.4 is 0 Å². The van der Waals surface area contributed by atoms with Crippen molar-refractivity contribution < 1.29 is 13.2 Å². The van der Waals surface area contributed by atoms with E-state index in [2.05, 4.69) is 35.2 Å². The van der Waals surface area contributed by atoms with Crippen molar-refractivity contribution in [2.75, 3.05) is 39.4 Å². The summed E-state index contributed by atoms with van der Waals surface area (Å²) in [5.74, 6) is 0. The lowest BCUT2D eigenvalue weighted by Gasteiger charge is -2.29. The standard InChI is InChI=1S/C31H36N2O3S/c1-23-19-24(2)31(25(3)20-23)37(34,35)33(14-8-13-32-15-17-36-18-16-32)22-30-28-11-6-4-9-26(28)21-27-10-5-7-12-29(27)30/h4-7,9-12,19-21H,8,13-18,22H2,1-3H3. The van der Waals surface area contributed by atoms with Crippen LogP contribution in [-0.4, -0.2) is 57.0 Å². The van der Waals surface area contributed by atoms with Gasteiger partial charge in [-0.15, -0.1) is 0 Å². The van der Waals surface area contributed by atoms with Crippen LogP contribution in [0.3, 0.4) is 0 Å². The number of fused-ring (bicyclic) bond motifs is 2. The molecule has 0 radical (unpaired) electrons. The summed E-state index contributed by atoms with van der Waals surface area (Å²) < 4.78 is 35.9. The van der Waals surface area contributed by atoms with E-state index < -0.39 is 10.0 Å². The Morgan fingerprint density at radius 1 is 0.838 bits per heavy atom. The number of benzene rings is 4. The molecule has 0 bridgehead atoms. The molecule has 1 saturated heterocycles. The molecule has 4 aromatic rings. The Bertz CT molecular complexity index is 1450. The molecule has 0 unspecified atom stereocenters. The first kappa shape index (κ1) is 25.9. The summed E-state index contributed by atoms with van der Waals surface area (Å²) in [5, 5.41) is 4.47. The molecule has 0 aromatic heterocycles. The van der Waals surface area contributed by atoms with Crippen LogP contribution in [0.25, 0.3) is 21.5 Å². The van der Waals surface area contributed by atoms with E-state index in [9.17, 15) is 8.42 Å². The quantitative estimate of drug-likeness (QED) is 0.277. The molecule has 5 rings (SSSR count). The van der Waals surface area contributed by atoms with Crippen molar-refractivity contribution in [1.29, 1.82) is 0 Å². The number of rotatable bonds is 8. The molecule has 0 N–H and O–H groups in total. The molecular formula is C31H36N2O3S. The van der Waals surface area contributed by atoms with E-state index in [4.69, 9.17) is 4.74 Å². The minimum absolute atomic E-state index is 0.333. The molecule has 1 aliphatic rings. The average molecular weight is 517 g/mol. The zero-order chi connectivity index (χ0) is 26.0. The Labute approximate surface area is 220 Å². The van der Waals surface area contributed by atoms with Gasteiger partial charge in [-0.2, -0.15) is 4.31 Å². The molecule has 0 amide bonds. The van der Waals surface area contributed by atoms with Gasteiger partial charge in [-0.1, -0.05) is 66.2 Å². The summed E-state index contributed by atoms with van der Waals surface area (Å²) in [6.45, 7) is 10.8. The van der Waals surface area contributed by atoms with E-state index in [1.807, 2.05) is 57.2 Å². The van der Waals surface area contributed by atoms with E-state index in [0.717, 1.165) is 83.1 Å². The molecular weight excluding hydrogens is 480 g/mol. The maximum atomic E-state index is 14.3. The Morgan fingerprint density at radius 3 is 2.00 bits per heavy atom. The number of nitrogens with zero attached hydrogens (tertiary/aromatic N) is 2. The SMILES string of the molecule is Cc1cc(C)c(S(=O)(=O)N(CCCN2CCOCC2)Cc2c3ccccc3cc3ccccc23)c(C)c1. The molecule has 194 valence electrons. The second-order valence-electron chi connectivity index (χ2n) is 10.2. The number of hydrogen-bond acceptors (Lipinski definition) is 4. The summed E-state index contributed by atoms with van der Waals surface area (Å²) in [7, 11) is -3.73. The normalized spacial score (nSPS) is 15.1. The molecule has 1 heterocycles. The minimum atomic E-state index is -3.73. The van der Waals surface area contributed by atoms with Gasteiger partial charge in [0.2, 0.25) is 10.0 Å². The van der Waals surface area contributed by atoms with Gasteiger partial charge in [0.15, 0.2) is 0 Å². The summed E-state index contributed by atoms with van der Waals surface area (Å²) in [5.41, 5.74) is 3.75. The lowest BCUT2D eigenvalue weighted by molar-refractivity contribution is 0.0368. The van der Waals surface area contributed by atoms with Crippen LogP contribution in [0.4, 0.5) is 0 Å². The van der Waals surface area contributed by atoms with E-state index >= 15 is 0 Å². The van der Waals surface area contributed by atoms with Gasteiger partial charge < -0.3 is 4.74 Å². The highest BCUT2D eigenvalue weighted by atomic mass is 32.2. The number of morpholine rings is 1. The van der Waals surface area contributed by atoms with Crippen molar-refractivity contribution in [3.05, 3.63) is 89.0 Å². The minimum Gasteiger partial charge on any atom is -0.379 e. The van der Waals surface area contributed by atoms with Gasteiger partial charge in [-0.25, -0.2) is 8.42 Å². The zero-order valence-corrected chi connectivity index (χ0v) is 22.9. The highest BCUT2D eigenvalue weighted by molar-refractivity contribution is 7.89. The van der Waals surface area contributed by atoms with Gasteiger partial charge in [0, 0.05) is 26.2 Å². The van der Waals surface area contributed by atoms with Crippen LogP contribution in [0.2, 0.25) is 0 Å². The molecule has 4 aromatic carbocycles. The van der Waals surface area contributed by atoms with Crippen LogP contribution >= 0.6 is 0 Å². The molecule has 6 heteroatoms. The van der Waals surface area contributed by atoms with Gasteiger partial charge in [-0.3, -0.25) is 4.90 Å². The lowest BCUT2D eigenvalue weighted by atomic mass is 9.97.